The first-order valence-corrected chi connectivity index (χ1v) is 11.2. The van der Waals surface area contributed by atoms with Gasteiger partial charge in [0.25, 0.3) is 5.91 Å². The maximum Gasteiger partial charge on any atom is 0.259 e. The fourth-order valence-electron chi connectivity index (χ4n) is 3.36. The van der Waals surface area contributed by atoms with Gasteiger partial charge < -0.3 is 20.1 Å². The van der Waals surface area contributed by atoms with Crippen molar-refractivity contribution in [1.29, 1.82) is 0 Å². The molecule has 1 heterocycles. The van der Waals surface area contributed by atoms with E-state index in [1.807, 2.05) is 30.3 Å². The maximum atomic E-state index is 13.0. The van der Waals surface area contributed by atoms with Crippen LogP contribution in [0, 0.1) is 0 Å². The molecule has 1 unspecified atom stereocenters. The summed E-state index contributed by atoms with van der Waals surface area (Å²) in [6.07, 6.45) is 3.35. The standard InChI is InChI=1S/C27H26N4O4/c1-20(31-16-8-15-28-31)26(32)29-21-9-7-10-22(19-21)30-27(33)24-13-5-6-14-25(24)35-18-17-34-23-11-3-2-4-12-23/h2-16,19-20H,17-18H2,1H3,(H,29,32)(H,30,33). The summed E-state index contributed by atoms with van der Waals surface area (Å²) < 4.78 is 13.0. The van der Waals surface area contributed by atoms with E-state index < -0.39 is 6.04 Å². The van der Waals surface area contributed by atoms with Gasteiger partial charge in [-0.3, -0.25) is 14.3 Å². The first kappa shape index (κ1) is 23.6. The molecule has 0 aliphatic rings. The van der Waals surface area contributed by atoms with Crippen molar-refractivity contribution in [3.05, 3.63) is 103 Å². The number of rotatable bonds is 10. The van der Waals surface area contributed by atoms with Crippen molar-refractivity contribution >= 4 is 23.2 Å². The first-order valence-electron chi connectivity index (χ1n) is 11.2. The Kier molecular flexibility index (Phi) is 7.75. The van der Waals surface area contributed by atoms with Crippen LogP contribution in [0.4, 0.5) is 11.4 Å². The van der Waals surface area contributed by atoms with Gasteiger partial charge in [-0.05, 0) is 55.5 Å². The molecule has 8 heteroatoms. The summed E-state index contributed by atoms with van der Waals surface area (Å²) in [5.41, 5.74) is 1.50. The van der Waals surface area contributed by atoms with E-state index in [4.69, 9.17) is 9.47 Å². The Morgan fingerprint density at radius 2 is 1.57 bits per heavy atom. The van der Waals surface area contributed by atoms with E-state index >= 15 is 0 Å². The minimum Gasteiger partial charge on any atom is -0.490 e. The monoisotopic (exact) mass is 470 g/mol. The Morgan fingerprint density at radius 3 is 2.34 bits per heavy atom. The smallest absolute Gasteiger partial charge is 0.259 e. The predicted molar refractivity (Wildman–Crippen MR) is 134 cm³/mol. The number of ether oxygens (including phenoxy) is 2. The van der Waals surface area contributed by atoms with Gasteiger partial charge in [-0.15, -0.1) is 0 Å². The van der Waals surface area contributed by atoms with Crippen LogP contribution in [0.5, 0.6) is 11.5 Å². The number of aromatic nitrogens is 2. The molecular weight excluding hydrogens is 444 g/mol. The van der Waals surface area contributed by atoms with Crippen LogP contribution in [0.2, 0.25) is 0 Å². The molecule has 2 N–H and O–H groups in total. The van der Waals surface area contributed by atoms with E-state index in [-0.39, 0.29) is 18.4 Å². The number of nitrogens with one attached hydrogen (secondary N) is 2. The van der Waals surface area contributed by atoms with Crippen molar-refractivity contribution in [1.82, 2.24) is 9.78 Å². The van der Waals surface area contributed by atoms with Crippen molar-refractivity contribution in [2.24, 2.45) is 0 Å². The summed E-state index contributed by atoms with van der Waals surface area (Å²) in [5, 5.41) is 9.82. The molecular formula is C27H26N4O4. The lowest BCUT2D eigenvalue weighted by Crippen LogP contribution is -2.24. The zero-order valence-corrected chi connectivity index (χ0v) is 19.3. The Hall–Kier alpha value is -4.59. The van der Waals surface area contributed by atoms with E-state index in [1.165, 1.54) is 0 Å². The lowest BCUT2D eigenvalue weighted by Gasteiger charge is -2.14. The molecule has 0 saturated heterocycles. The molecule has 4 rings (SSSR count). The highest BCUT2D eigenvalue weighted by Gasteiger charge is 2.16. The Morgan fingerprint density at radius 1 is 0.857 bits per heavy atom. The third kappa shape index (κ3) is 6.48. The summed E-state index contributed by atoms with van der Waals surface area (Å²) in [6, 6.07) is 24.7. The molecule has 1 atom stereocenters. The minimum atomic E-state index is -0.474. The van der Waals surface area contributed by atoms with Crippen molar-refractivity contribution in [2.75, 3.05) is 23.8 Å². The van der Waals surface area contributed by atoms with E-state index in [9.17, 15) is 9.59 Å². The fourth-order valence-corrected chi connectivity index (χ4v) is 3.36. The molecule has 178 valence electrons. The zero-order valence-electron chi connectivity index (χ0n) is 19.3. The largest absolute Gasteiger partial charge is 0.490 e. The molecule has 4 aromatic rings. The average Bonchev–Trinajstić information content (AvgIpc) is 3.42. The van der Waals surface area contributed by atoms with Crippen molar-refractivity contribution in [3.63, 3.8) is 0 Å². The van der Waals surface area contributed by atoms with Crippen molar-refractivity contribution in [2.45, 2.75) is 13.0 Å². The molecule has 1 aromatic heterocycles. The lowest BCUT2D eigenvalue weighted by atomic mass is 10.1. The summed E-state index contributed by atoms with van der Waals surface area (Å²) in [6.45, 7) is 2.39. The average molecular weight is 471 g/mol. The van der Waals surface area contributed by atoms with Gasteiger partial charge in [-0.2, -0.15) is 5.10 Å². The SMILES string of the molecule is CC(C(=O)Nc1cccc(NC(=O)c2ccccc2OCCOc2ccccc2)c1)n1cccn1. The third-order valence-corrected chi connectivity index (χ3v) is 5.17. The summed E-state index contributed by atoms with van der Waals surface area (Å²) in [5.74, 6) is 0.680. The number of nitrogens with zero attached hydrogens (tertiary/aromatic N) is 2. The van der Waals surface area contributed by atoms with Crippen molar-refractivity contribution in [3.8, 4) is 11.5 Å². The van der Waals surface area contributed by atoms with Crippen LogP contribution >= 0.6 is 0 Å². The van der Waals surface area contributed by atoms with Crippen LogP contribution in [0.1, 0.15) is 23.3 Å². The maximum absolute atomic E-state index is 13.0. The molecule has 0 aliphatic carbocycles. The van der Waals surface area contributed by atoms with E-state index in [1.54, 1.807) is 78.6 Å². The number of amides is 2. The molecule has 8 nitrogen and oxygen atoms in total. The van der Waals surface area contributed by atoms with E-state index in [2.05, 4.69) is 15.7 Å². The number of carbonyl (C=O) groups is 2. The quantitative estimate of drug-likeness (QED) is 0.325. The highest BCUT2D eigenvalue weighted by molar-refractivity contribution is 6.06. The first-order chi connectivity index (χ1) is 17.1. The molecule has 3 aromatic carbocycles. The fraction of sp³-hybridized carbons (Fsp3) is 0.148. The molecule has 0 spiro atoms. The summed E-state index contributed by atoms with van der Waals surface area (Å²) in [7, 11) is 0. The number of anilines is 2. The van der Waals surface area contributed by atoms with E-state index in [0.717, 1.165) is 5.75 Å². The van der Waals surface area contributed by atoms with Gasteiger partial charge >= 0.3 is 0 Å². The van der Waals surface area contributed by atoms with Crippen LogP contribution in [0.3, 0.4) is 0 Å². The third-order valence-electron chi connectivity index (χ3n) is 5.17. The number of hydrogen-bond donors (Lipinski definition) is 2. The van der Waals surface area contributed by atoms with Gasteiger partial charge in [0, 0.05) is 23.8 Å². The predicted octanol–water partition coefficient (Wildman–Crippen LogP) is 4.79. The molecule has 2 amide bonds. The van der Waals surface area contributed by atoms with Gasteiger partial charge in [0.05, 0.1) is 5.56 Å². The highest BCUT2D eigenvalue weighted by Crippen LogP contribution is 2.22. The van der Waals surface area contributed by atoms with Gasteiger partial charge in [0.15, 0.2) is 0 Å². The van der Waals surface area contributed by atoms with Gasteiger partial charge in [0.2, 0.25) is 5.91 Å². The normalized spacial score (nSPS) is 11.3. The Labute approximate surface area is 203 Å². The van der Waals surface area contributed by atoms with Crippen LogP contribution in [-0.4, -0.2) is 34.8 Å². The number of benzene rings is 3. The van der Waals surface area contributed by atoms with Crippen LogP contribution in [-0.2, 0) is 4.79 Å². The van der Waals surface area contributed by atoms with E-state index in [0.29, 0.717) is 29.3 Å². The molecule has 0 fully saturated rings. The second kappa shape index (κ2) is 11.5. The number of para-hydroxylation sites is 2. The number of hydrogen-bond acceptors (Lipinski definition) is 5. The molecule has 0 aliphatic heterocycles. The second-order valence-corrected chi connectivity index (χ2v) is 7.69. The minimum absolute atomic E-state index is 0.214. The zero-order chi connectivity index (χ0) is 24.5. The topological polar surface area (TPSA) is 94.5 Å². The second-order valence-electron chi connectivity index (χ2n) is 7.69. The van der Waals surface area contributed by atoms with Gasteiger partial charge in [-0.25, -0.2) is 0 Å². The van der Waals surface area contributed by atoms with Gasteiger partial charge in [-0.1, -0.05) is 36.4 Å². The van der Waals surface area contributed by atoms with Crippen molar-refractivity contribution < 1.29 is 19.1 Å². The van der Waals surface area contributed by atoms with Gasteiger partial charge in [0.1, 0.15) is 30.8 Å². The molecule has 0 radical (unpaired) electrons. The molecule has 35 heavy (non-hydrogen) atoms. The van der Waals surface area contributed by atoms with Crippen LogP contribution in [0.25, 0.3) is 0 Å². The molecule has 0 saturated carbocycles. The number of carbonyl (C=O) groups excluding carboxylic acids is 2. The summed E-state index contributed by atoms with van der Waals surface area (Å²) in [4.78, 5) is 25.5. The molecule has 0 bridgehead atoms. The Bertz CT molecular complexity index is 1260. The van der Waals surface area contributed by atoms with Crippen LogP contribution < -0.4 is 20.1 Å². The lowest BCUT2D eigenvalue weighted by molar-refractivity contribution is -0.119. The van der Waals surface area contributed by atoms with Crippen LogP contribution in [0.15, 0.2) is 97.3 Å². The summed E-state index contributed by atoms with van der Waals surface area (Å²) >= 11 is 0. The Balaban J connectivity index is 1.35. The highest BCUT2D eigenvalue weighted by atomic mass is 16.5.